The fourth-order valence-electron chi connectivity index (χ4n) is 4.23. The second-order valence-electron chi connectivity index (χ2n) is 10.1. The summed E-state index contributed by atoms with van der Waals surface area (Å²) in [5.74, 6) is -0.864. The lowest BCUT2D eigenvalue weighted by molar-refractivity contribution is -0.130. The Bertz CT molecular complexity index is 1240. The lowest BCUT2D eigenvalue weighted by Crippen LogP contribution is -2.53. The van der Waals surface area contributed by atoms with E-state index in [1.807, 2.05) is 13.8 Å². The molecule has 2 aromatic carbocycles. The van der Waals surface area contributed by atoms with Crippen LogP contribution in [0.25, 0.3) is 0 Å². The Morgan fingerprint density at radius 3 is 2.28 bits per heavy atom. The second-order valence-corrected chi connectivity index (χ2v) is 12.3. The number of benzene rings is 2. The molecule has 10 nitrogen and oxygen atoms in total. The molecule has 2 amide bonds. The van der Waals surface area contributed by atoms with Gasteiger partial charge in [-0.3, -0.25) is 9.59 Å². The van der Waals surface area contributed by atoms with Crippen LogP contribution in [0.2, 0.25) is 0 Å². The molecule has 3 rings (SSSR count). The molecule has 2 aromatic rings. The monoisotopic (exact) mass is 581 g/mol. The molecule has 1 heterocycles. The molecule has 0 saturated heterocycles. The summed E-state index contributed by atoms with van der Waals surface area (Å²) in [6.07, 6.45) is -1.32. The number of hydrogen-bond acceptors (Lipinski definition) is 7. The Kier molecular flexibility index (Phi) is 10.6. The zero-order valence-electron chi connectivity index (χ0n) is 22.5. The minimum absolute atomic E-state index is 0.00329. The van der Waals surface area contributed by atoms with Crippen LogP contribution in [0.15, 0.2) is 53.4 Å². The zero-order valence-corrected chi connectivity index (χ0v) is 24.0. The third-order valence-electron chi connectivity index (χ3n) is 6.17. The van der Waals surface area contributed by atoms with Gasteiger partial charge in [0.25, 0.3) is 0 Å². The number of aliphatic hydroxyl groups excluding tert-OH is 1. The van der Waals surface area contributed by atoms with Crippen LogP contribution in [0.3, 0.4) is 0 Å². The molecule has 0 aliphatic carbocycles. The first-order valence-corrected chi connectivity index (χ1v) is 14.7. The number of ether oxygens (including phenoxy) is 2. The number of nitrogens with one attached hydrogen (secondary N) is 2. The summed E-state index contributed by atoms with van der Waals surface area (Å²) in [7, 11) is -4.05. The van der Waals surface area contributed by atoms with E-state index in [1.165, 1.54) is 22.5 Å². The van der Waals surface area contributed by atoms with Crippen molar-refractivity contribution in [3.05, 3.63) is 54.1 Å². The fraction of sp³-hybridized carbons (Fsp3) is 0.481. The van der Waals surface area contributed by atoms with Crippen LogP contribution in [0.1, 0.15) is 39.3 Å². The summed E-state index contributed by atoms with van der Waals surface area (Å²) in [5, 5.41) is 16.9. The predicted molar refractivity (Wildman–Crippen MR) is 147 cm³/mol. The van der Waals surface area contributed by atoms with E-state index in [-0.39, 0.29) is 42.5 Å². The molecular weight excluding hydrogens is 546 g/mol. The van der Waals surface area contributed by atoms with Crippen molar-refractivity contribution in [1.82, 2.24) is 14.9 Å². The average molecular weight is 582 g/mol. The molecule has 0 spiro atoms. The SMILES string of the molecule is CC(C)CN(C[C@@H](O)C(NC(=O)[C@@H](NC(=O)CCl)C(C)C)c1ccccc1)S(=O)(=O)c1ccc2c(c1)OCO2. The van der Waals surface area contributed by atoms with E-state index in [4.69, 9.17) is 21.1 Å². The van der Waals surface area contributed by atoms with Crippen molar-refractivity contribution in [3.63, 3.8) is 0 Å². The Morgan fingerprint density at radius 2 is 1.67 bits per heavy atom. The normalized spacial score (nSPS) is 15.3. The standard InChI is InChI=1S/C27H36ClN3O7S/c1-17(2)14-31(39(35,36)20-10-11-22-23(12-20)38-16-37-22)15-21(32)26(19-8-6-5-7-9-19)30-27(34)25(18(3)4)29-24(33)13-28/h5-12,17-18,21,25-26,32H,13-16H2,1-4H3,(H,29,33)(H,30,34)/t21-,25+,26?/m1/s1. The molecular formula is C27H36ClN3O7S. The third-order valence-corrected chi connectivity index (χ3v) is 8.24. The smallest absolute Gasteiger partial charge is 0.243 e. The molecule has 12 heteroatoms. The van der Waals surface area contributed by atoms with E-state index < -0.39 is 40.0 Å². The van der Waals surface area contributed by atoms with E-state index >= 15 is 0 Å². The molecule has 1 aliphatic rings. The van der Waals surface area contributed by atoms with Gasteiger partial charge in [0.2, 0.25) is 28.6 Å². The first-order valence-electron chi connectivity index (χ1n) is 12.7. The minimum atomic E-state index is -4.05. The molecule has 1 aliphatic heterocycles. The second kappa shape index (κ2) is 13.5. The van der Waals surface area contributed by atoms with Gasteiger partial charge in [-0.25, -0.2) is 8.42 Å². The third kappa shape index (κ3) is 7.84. The van der Waals surface area contributed by atoms with Crippen molar-refractivity contribution in [2.45, 2.75) is 50.8 Å². The highest BCUT2D eigenvalue weighted by molar-refractivity contribution is 7.89. The predicted octanol–water partition coefficient (Wildman–Crippen LogP) is 2.66. The van der Waals surface area contributed by atoms with Gasteiger partial charge in [-0.2, -0.15) is 4.31 Å². The fourth-order valence-corrected chi connectivity index (χ4v) is 5.95. The van der Waals surface area contributed by atoms with Gasteiger partial charge in [0.1, 0.15) is 11.9 Å². The average Bonchev–Trinajstić information content (AvgIpc) is 3.37. The number of aliphatic hydroxyl groups is 1. The molecule has 0 aromatic heterocycles. The van der Waals surface area contributed by atoms with E-state index in [1.54, 1.807) is 44.2 Å². The van der Waals surface area contributed by atoms with Crippen LogP contribution in [0, 0.1) is 11.8 Å². The van der Waals surface area contributed by atoms with Crippen molar-refractivity contribution in [2.24, 2.45) is 11.8 Å². The maximum atomic E-state index is 13.7. The molecule has 39 heavy (non-hydrogen) atoms. The number of carbonyl (C=O) groups is 2. The van der Waals surface area contributed by atoms with Gasteiger partial charge >= 0.3 is 0 Å². The van der Waals surface area contributed by atoms with E-state index in [2.05, 4.69) is 10.6 Å². The number of sulfonamides is 1. The van der Waals surface area contributed by atoms with Gasteiger partial charge in [0, 0.05) is 19.2 Å². The Balaban J connectivity index is 1.91. The number of carbonyl (C=O) groups excluding carboxylic acids is 2. The Hall–Kier alpha value is -2.86. The van der Waals surface area contributed by atoms with Crippen molar-refractivity contribution < 1.29 is 32.6 Å². The van der Waals surface area contributed by atoms with Gasteiger partial charge < -0.3 is 25.2 Å². The maximum Gasteiger partial charge on any atom is 0.243 e. The summed E-state index contributed by atoms with van der Waals surface area (Å²) in [6.45, 7) is 7.13. The van der Waals surface area contributed by atoms with Gasteiger partial charge in [-0.1, -0.05) is 58.0 Å². The topological polar surface area (TPSA) is 134 Å². The molecule has 0 saturated carbocycles. The van der Waals surface area contributed by atoms with Gasteiger partial charge in [0.15, 0.2) is 11.5 Å². The first kappa shape index (κ1) is 30.7. The Labute approximate surface area is 234 Å². The molecule has 0 radical (unpaired) electrons. The largest absolute Gasteiger partial charge is 0.454 e. The van der Waals surface area contributed by atoms with Crippen LogP contribution in [0.4, 0.5) is 0 Å². The van der Waals surface area contributed by atoms with Crippen LogP contribution >= 0.6 is 11.6 Å². The van der Waals surface area contributed by atoms with E-state index in [9.17, 15) is 23.1 Å². The number of amides is 2. The number of fused-ring (bicyclic) bond motifs is 1. The summed E-state index contributed by atoms with van der Waals surface area (Å²) < 4.78 is 39.3. The van der Waals surface area contributed by atoms with Crippen molar-refractivity contribution >= 4 is 33.4 Å². The summed E-state index contributed by atoms with van der Waals surface area (Å²) >= 11 is 5.62. The van der Waals surface area contributed by atoms with Crippen molar-refractivity contribution in [2.75, 3.05) is 25.8 Å². The zero-order chi connectivity index (χ0) is 28.7. The van der Waals surface area contributed by atoms with Crippen molar-refractivity contribution in [1.29, 1.82) is 0 Å². The number of alkyl halides is 1. The minimum Gasteiger partial charge on any atom is -0.454 e. The highest BCUT2D eigenvalue weighted by Gasteiger charge is 2.34. The highest BCUT2D eigenvalue weighted by atomic mass is 35.5. The molecule has 1 unspecified atom stereocenters. The summed E-state index contributed by atoms with van der Waals surface area (Å²) in [6, 6.07) is 11.3. The highest BCUT2D eigenvalue weighted by Crippen LogP contribution is 2.35. The maximum absolute atomic E-state index is 13.7. The van der Waals surface area contributed by atoms with Gasteiger partial charge in [0.05, 0.1) is 17.0 Å². The molecule has 0 bridgehead atoms. The molecule has 3 atom stereocenters. The van der Waals surface area contributed by atoms with Crippen LogP contribution in [-0.2, 0) is 19.6 Å². The number of hydrogen-bond donors (Lipinski definition) is 3. The number of nitrogens with zero attached hydrogens (tertiary/aromatic N) is 1. The first-order chi connectivity index (χ1) is 18.4. The molecule has 0 fully saturated rings. The van der Waals surface area contributed by atoms with Crippen LogP contribution in [-0.4, -0.2) is 67.6 Å². The van der Waals surface area contributed by atoms with Gasteiger partial charge in [-0.15, -0.1) is 11.6 Å². The number of halogens is 1. The van der Waals surface area contributed by atoms with Crippen LogP contribution in [0.5, 0.6) is 11.5 Å². The van der Waals surface area contributed by atoms with E-state index in [0.717, 1.165) is 0 Å². The lowest BCUT2D eigenvalue weighted by atomic mass is 9.98. The summed E-state index contributed by atoms with van der Waals surface area (Å²) in [5.41, 5.74) is 0.578. The summed E-state index contributed by atoms with van der Waals surface area (Å²) in [4.78, 5) is 25.2. The quantitative estimate of drug-likeness (QED) is 0.310. The molecule has 214 valence electrons. The Morgan fingerprint density at radius 1 is 1.00 bits per heavy atom. The van der Waals surface area contributed by atoms with Gasteiger partial charge in [-0.05, 0) is 29.5 Å². The number of rotatable bonds is 13. The van der Waals surface area contributed by atoms with Crippen molar-refractivity contribution in [3.8, 4) is 11.5 Å². The lowest BCUT2D eigenvalue weighted by Gasteiger charge is -2.32. The van der Waals surface area contributed by atoms with E-state index in [0.29, 0.717) is 17.1 Å². The van der Waals surface area contributed by atoms with Crippen LogP contribution < -0.4 is 20.1 Å². The molecule has 3 N–H and O–H groups in total.